The number of hydrogen-bond donors (Lipinski definition) is 1. The second-order valence-electron chi connectivity index (χ2n) is 5.28. The van der Waals surface area contributed by atoms with Gasteiger partial charge >= 0.3 is 0 Å². The van der Waals surface area contributed by atoms with Gasteiger partial charge in [0.25, 0.3) is 5.24 Å². The molecule has 2 rings (SSSR count). The Morgan fingerprint density at radius 3 is 2.59 bits per heavy atom. The third-order valence-electron chi connectivity index (χ3n) is 3.49. The molecule has 4 heteroatoms. The first-order valence-electron chi connectivity index (χ1n) is 7.14. The van der Waals surface area contributed by atoms with E-state index >= 15 is 0 Å². The van der Waals surface area contributed by atoms with Gasteiger partial charge in [-0.25, -0.2) is 0 Å². The number of thioether (sulfide) groups is 1. The Morgan fingerprint density at radius 2 is 1.91 bits per heavy atom. The normalized spacial score (nSPS) is 10.4. The average Bonchev–Trinajstić information content (AvgIpc) is 2.49. The molecule has 0 heterocycles. The summed E-state index contributed by atoms with van der Waals surface area (Å²) in [4.78, 5) is 11.7. The van der Waals surface area contributed by atoms with E-state index in [-0.39, 0.29) is 5.24 Å². The van der Waals surface area contributed by atoms with Crippen molar-refractivity contribution < 1.29 is 9.53 Å². The molecule has 0 aliphatic rings. The van der Waals surface area contributed by atoms with E-state index in [9.17, 15) is 4.79 Å². The average molecular weight is 315 g/mol. The molecule has 0 saturated heterocycles. The molecule has 0 atom stereocenters. The standard InChI is InChI=1S/C18H21NO2S/c1-12-8-9-16(14(3)10-12)21-11-15-7-5-6-13(2)17(15)19-18(20)22-4/h5-10H,11H2,1-4H3,(H,19,20). The van der Waals surface area contributed by atoms with Gasteiger partial charge in [-0.15, -0.1) is 0 Å². The largest absolute Gasteiger partial charge is 0.489 e. The number of carbonyl (C=O) groups is 1. The molecule has 0 fully saturated rings. The molecule has 0 radical (unpaired) electrons. The van der Waals surface area contributed by atoms with Gasteiger partial charge in [-0.3, -0.25) is 4.79 Å². The van der Waals surface area contributed by atoms with Crippen molar-refractivity contribution in [3.63, 3.8) is 0 Å². The smallest absolute Gasteiger partial charge is 0.283 e. The van der Waals surface area contributed by atoms with Crippen LogP contribution in [0, 0.1) is 20.8 Å². The topological polar surface area (TPSA) is 38.3 Å². The van der Waals surface area contributed by atoms with Crippen LogP contribution in [0.1, 0.15) is 22.3 Å². The van der Waals surface area contributed by atoms with Gasteiger partial charge < -0.3 is 10.1 Å². The number of amides is 1. The minimum absolute atomic E-state index is 0.0675. The second kappa shape index (κ2) is 7.36. The lowest BCUT2D eigenvalue weighted by molar-refractivity contribution is 0.269. The van der Waals surface area contributed by atoms with Gasteiger partial charge in [0.15, 0.2) is 0 Å². The highest BCUT2D eigenvalue weighted by molar-refractivity contribution is 8.13. The van der Waals surface area contributed by atoms with Crippen LogP contribution in [0.25, 0.3) is 0 Å². The first-order valence-corrected chi connectivity index (χ1v) is 8.37. The van der Waals surface area contributed by atoms with E-state index in [1.54, 1.807) is 6.26 Å². The van der Waals surface area contributed by atoms with Gasteiger partial charge in [0.05, 0.1) is 5.69 Å². The van der Waals surface area contributed by atoms with Crippen LogP contribution >= 0.6 is 11.8 Å². The Hall–Kier alpha value is -1.94. The van der Waals surface area contributed by atoms with Gasteiger partial charge in [0.2, 0.25) is 0 Å². The van der Waals surface area contributed by atoms with Crippen molar-refractivity contribution in [1.29, 1.82) is 0 Å². The lowest BCUT2D eigenvalue weighted by Crippen LogP contribution is -2.10. The Balaban J connectivity index is 2.18. The summed E-state index contributed by atoms with van der Waals surface area (Å²) in [5.74, 6) is 0.870. The van der Waals surface area contributed by atoms with E-state index < -0.39 is 0 Å². The Bertz CT molecular complexity index is 683. The summed E-state index contributed by atoms with van der Waals surface area (Å²) in [6, 6.07) is 12.1. The molecule has 2 aromatic rings. The molecule has 3 nitrogen and oxygen atoms in total. The van der Waals surface area contributed by atoms with Crippen LogP contribution in [0.3, 0.4) is 0 Å². The zero-order valence-corrected chi connectivity index (χ0v) is 14.2. The molecule has 116 valence electrons. The predicted octanol–water partition coefficient (Wildman–Crippen LogP) is 5.09. The predicted molar refractivity (Wildman–Crippen MR) is 94.0 cm³/mol. The van der Waals surface area contributed by atoms with E-state index in [0.717, 1.165) is 39.9 Å². The molecule has 22 heavy (non-hydrogen) atoms. The molecule has 0 spiro atoms. The maximum Gasteiger partial charge on any atom is 0.283 e. The van der Waals surface area contributed by atoms with Gasteiger partial charge in [-0.1, -0.05) is 47.7 Å². The van der Waals surface area contributed by atoms with Crippen molar-refractivity contribution in [2.45, 2.75) is 27.4 Å². The summed E-state index contributed by atoms with van der Waals surface area (Å²) >= 11 is 1.16. The highest BCUT2D eigenvalue weighted by Gasteiger charge is 2.10. The molecule has 0 aliphatic heterocycles. The minimum Gasteiger partial charge on any atom is -0.489 e. The SMILES string of the molecule is CSC(=O)Nc1c(C)cccc1COc1ccc(C)cc1C. The lowest BCUT2D eigenvalue weighted by atomic mass is 10.1. The van der Waals surface area contributed by atoms with E-state index in [2.05, 4.69) is 18.3 Å². The number of carbonyl (C=O) groups excluding carboxylic acids is 1. The van der Waals surface area contributed by atoms with Crippen molar-refractivity contribution in [2.75, 3.05) is 11.6 Å². The van der Waals surface area contributed by atoms with Crippen molar-refractivity contribution in [1.82, 2.24) is 0 Å². The van der Waals surface area contributed by atoms with Crippen LogP contribution in [0.4, 0.5) is 10.5 Å². The fourth-order valence-electron chi connectivity index (χ4n) is 2.30. The van der Waals surface area contributed by atoms with Crippen molar-refractivity contribution in [2.24, 2.45) is 0 Å². The van der Waals surface area contributed by atoms with Crippen LogP contribution < -0.4 is 10.1 Å². The minimum atomic E-state index is -0.0675. The van der Waals surface area contributed by atoms with E-state index in [0.29, 0.717) is 6.61 Å². The van der Waals surface area contributed by atoms with Crippen LogP contribution in [-0.4, -0.2) is 11.5 Å². The van der Waals surface area contributed by atoms with Crippen molar-refractivity contribution in [3.8, 4) is 5.75 Å². The number of nitrogens with one attached hydrogen (secondary N) is 1. The van der Waals surface area contributed by atoms with Crippen LogP contribution in [0.15, 0.2) is 36.4 Å². The van der Waals surface area contributed by atoms with Crippen molar-refractivity contribution in [3.05, 3.63) is 58.7 Å². The van der Waals surface area contributed by atoms with Crippen LogP contribution in [-0.2, 0) is 6.61 Å². The van der Waals surface area contributed by atoms with Gasteiger partial charge in [-0.05, 0) is 44.2 Å². The number of rotatable bonds is 4. The monoisotopic (exact) mass is 315 g/mol. The quantitative estimate of drug-likeness (QED) is 0.854. The Labute approximate surface area is 136 Å². The summed E-state index contributed by atoms with van der Waals surface area (Å²) < 4.78 is 5.93. The molecule has 0 aliphatic carbocycles. The van der Waals surface area contributed by atoms with Crippen LogP contribution in [0.2, 0.25) is 0 Å². The van der Waals surface area contributed by atoms with Crippen molar-refractivity contribution >= 4 is 22.7 Å². The number of aryl methyl sites for hydroxylation is 3. The number of ether oxygens (including phenoxy) is 1. The Kier molecular flexibility index (Phi) is 5.50. The summed E-state index contributed by atoms with van der Waals surface area (Å²) in [5, 5.41) is 2.86. The van der Waals surface area contributed by atoms with E-state index in [1.807, 2.05) is 44.2 Å². The number of benzene rings is 2. The number of anilines is 1. The van der Waals surface area contributed by atoms with E-state index in [1.165, 1.54) is 5.56 Å². The molecule has 0 aromatic heterocycles. The zero-order chi connectivity index (χ0) is 16.1. The maximum absolute atomic E-state index is 11.7. The van der Waals surface area contributed by atoms with Crippen LogP contribution in [0.5, 0.6) is 5.75 Å². The third kappa shape index (κ3) is 4.04. The molecule has 2 aromatic carbocycles. The molecule has 0 bridgehead atoms. The summed E-state index contributed by atoms with van der Waals surface area (Å²) in [5.41, 5.74) is 5.17. The third-order valence-corrected chi connectivity index (χ3v) is 3.96. The first kappa shape index (κ1) is 16.4. The molecule has 1 N–H and O–H groups in total. The molecule has 0 saturated carbocycles. The zero-order valence-electron chi connectivity index (χ0n) is 13.4. The summed E-state index contributed by atoms with van der Waals surface area (Å²) in [6.07, 6.45) is 1.76. The Morgan fingerprint density at radius 1 is 1.14 bits per heavy atom. The fraction of sp³-hybridized carbons (Fsp3) is 0.278. The highest BCUT2D eigenvalue weighted by atomic mass is 32.2. The lowest BCUT2D eigenvalue weighted by Gasteiger charge is -2.15. The molecular formula is C18H21NO2S. The first-order chi connectivity index (χ1) is 10.5. The highest BCUT2D eigenvalue weighted by Crippen LogP contribution is 2.25. The fourth-order valence-corrected chi connectivity index (χ4v) is 2.50. The summed E-state index contributed by atoms with van der Waals surface area (Å²) in [6.45, 7) is 6.51. The number of hydrogen-bond acceptors (Lipinski definition) is 3. The van der Waals surface area contributed by atoms with E-state index in [4.69, 9.17) is 4.74 Å². The maximum atomic E-state index is 11.7. The molecule has 1 amide bonds. The molecular weight excluding hydrogens is 294 g/mol. The van der Waals surface area contributed by atoms with Gasteiger partial charge in [0.1, 0.15) is 12.4 Å². The molecule has 0 unspecified atom stereocenters. The number of para-hydroxylation sites is 1. The van der Waals surface area contributed by atoms with Gasteiger partial charge in [0, 0.05) is 5.56 Å². The summed E-state index contributed by atoms with van der Waals surface area (Å²) in [7, 11) is 0. The second-order valence-corrected chi connectivity index (χ2v) is 6.06. The van der Waals surface area contributed by atoms with Gasteiger partial charge in [-0.2, -0.15) is 0 Å².